The fourth-order valence-corrected chi connectivity index (χ4v) is 4.89. The fraction of sp³-hybridized carbons (Fsp3) is 0.692. The molecular weight excluding hydrogens is 426 g/mol. The van der Waals surface area contributed by atoms with Crippen LogP contribution in [0, 0.1) is 11.6 Å². The second kappa shape index (κ2) is 15.3. The van der Waals surface area contributed by atoms with E-state index >= 15 is 0 Å². The Kier molecular flexibility index (Phi) is 12.8. The molecule has 0 radical (unpaired) electrons. The van der Waals surface area contributed by atoms with E-state index in [0.29, 0.717) is 18.1 Å². The summed E-state index contributed by atoms with van der Waals surface area (Å²) in [7, 11) is 0. The van der Waals surface area contributed by atoms with Gasteiger partial charge in [0.2, 0.25) is 5.82 Å². The van der Waals surface area contributed by atoms with E-state index in [9.17, 15) is 8.78 Å². The topological polar surface area (TPSA) is 35.0 Å². The number of hydrogen-bond donors (Lipinski definition) is 0. The Bertz CT molecular complexity index is 755. The van der Waals surface area contributed by atoms with Crippen LogP contribution in [-0.4, -0.2) is 16.8 Å². The molecule has 1 aromatic carbocycles. The van der Waals surface area contributed by atoms with E-state index in [2.05, 4.69) is 24.0 Å². The van der Waals surface area contributed by atoms with Crippen molar-refractivity contribution < 1.29 is 13.5 Å². The molecule has 0 N–H and O–H groups in total. The van der Waals surface area contributed by atoms with Gasteiger partial charge < -0.3 is 4.74 Å². The molecule has 32 heavy (non-hydrogen) atoms. The summed E-state index contributed by atoms with van der Waals surface area (Å²) in [5.41, 5.74) is 2.18. The van der Waals surface area contributed by atoms with Crippen molar-refractivity contribution in [2.24, 2.45) is 0 Å². The van der Waals surface area contributed by atoms with Crippen LogP contribution in [0.15, 0.2) is 17.6 Å². The fourth-order valence-electron chi connectivity index (χ4n) is 4.16. The van der Waals surface area contributed by atoms with Crippen molar-refractivity contribution in [2.75, 3.05) is 6.61 Å². The normalized spacial score (nSPS) is 13.3. The van der Waals surface area contributed by atoms with Gasteiger partial charge in [0.25, 0.3) is 0 Å². The van der Waals surface area contributed by atoms with Crippen LogP contribution in [0.2, 0.25) is 0 Å². The Morgan fingerprint density at radius 2 is 1.59 bits per heavy atom. The molecule has 0 saturated carbocycles. The summed E-state index contributed by atoms with van der Waals surface area (Å²) in [5, 5.41) is 9.19. The molecule has 0 saturated heterocycles. The minimum atomic E-state index is -0.858. The number of benzene rings is 1. The third-order valence-corrected chi connectivity index (χ3v) is 7.03. The second-order valence-corrected chi connectivity index (χ2v) is 9.71. The first-order valence-electron chi connectivity index (χ1n) is 12.4. The van der Waals surface area contributed by atoms with Gasteiger partial charge >= 0.3 is 0 Å². The Labute approximate surface area is 197 Å². The minimum Gasteiger partial charge on any atom is -0.490 e. The summed E-state index contributed by atoms with van der Waals surface area (Å²) in [6.45, 7) is 6.76. The van der Waals surface area contributed by atoms with Gasteiger partial charge in [0, 0.05) is 5.92 Å². The largest absolute Gasteiger partial charge is 0.490 e. The van der Waals surface area contributed by atoms with Crippen molar-refractivity contribution in [3.05, 3.63) is 39.8 Å². The molecule has 0 aliphatic rings. The van der Waals surface area contributed by atoms with Gasteiger partial charge in [0.15, 0.2) is 11.6 Å². The van der Waals surface area contributed by atoms with Crippen LogP contribution < -0.4 is 4.74 Å². The lowest BCUT2D eigenvalue weighted by Crippen LogP contribution is -2.06. The van der Waals surface area contributed by atoms with E-state index in [1.165, 1.54) is 38.5 Å². The van der Waals surface area contributed by atoms with Gasteiger partial charge in [0.05, 0.1) is 6.61 Å². The number of nitrogens with zero attached hydrogens (tertiary/aromatic N) is 2. The zero-order chi connectivity index (χ0) is 23.2. The Balaban J connectivity index is 1.79. The molecule has 0 fully saturated rings. The van der Waals surface area contributed by atoms with E-state index in [1.54, 1.807) is 29.0 Å². The molecule has 0 amide bonds. The van der Waals surface area contributed by atoms with Crippen LogP contribution in [0.1, 0.15) is 120 Å². The third-order valence-electron chi connectivity index (χ3n) is 6.17. The zero-order valence-electron chi connectivity index (χ0n) is 20.0. The first-order valence-corrected chi connectivity index (χ1v) is 13.3. The molecule has 0 aliphatic carbocycles. The number of aromatic nitrogens is 2. The van der Waals surface area contributed by atoms with Crippen LogP contribution in [0.25, 0.3) is 0 Å². The lowest BCUT2D eigenvalue weighted by Gasteiger charge is -2.18. The molecule has 1 aromatic heterocycles. The SMILES string of the molecule is CCCCCCCCCCOc1ccc(C(C)CCC(CCC)c2nncs2)c(F)c1F. The highest BCUT2D eigenvalue weighted by Gasteiger charge is 2.21. The predicted molar refractivity (Wildman–Crippen MR) is 130 cm³/mol. The first-order chi connectivity index (χ1) is 15.6. The van der Waals surface area contributed by atoms with Gasteiger partial charge in [-0.2, -0.15) is 4.39 Å². The molecule has 1 heterocycles. The Hall–Kier alpha value is -1.56. The molecule has 2 aromatic rings. The summed E-state index contributed by atoms with van der Waals surface area (Å²) in [6, 6.07) is 3.27. The Morgan fingerprint density at radius 1 is 0.875 bits per heavy atom. The Morgan fingerprint density at radius 3 is 2.25 bits per heavy atom. The van der Waals surface area contributed by atoms with Gasteiger partial charge in [-0.1, -0.05) is 78.2 Å². The number of unbranched alkanes of at least 4 members (excludes halogenated alkanes) is 7. The summed E-state index contributed by atoms with van der Waals surface area (Å²) in [6.07, 6.45) is 13.3. The zero-order valence-corrected chi connectivity index (χ0v) is 20.9. The molecular formula is C26H40F2N2OS. The number of ether oxygens (including phenoxy) is 1. The monoisotopic (exact) mass is 466 g/mol. The molecule has 2 atom stereocenters. The molecule has 0 aliphatic heterocycles. The maximum Gasteiger partial charge on any atom is 0.200 e. The van der Waals surface area contributed by atoms with E-state index in [4.69, 9.17) is 4.74 Å². The first kappa shape index (κ1) is 26.7. The highest BCUT2D eigenvalue weighted by molar-refractivity contribution is 7.09. The smallest absolute Gasteiger partial charge is 0.200 e. The van der Waals surface area contributed by atoms with Crippen LogP contribution in [0.5, 0.6) is 5.75 Å². The van der Waals surface area contributed by atoms with Gasteiger partial charge in [-0.15, -0.1) is 21.5 Å². The molecule has 2 rings (SSSR count). The molecule has 0 spiro atoms. The molecule has 180 valence electrons. The van der Waals surface area contributed by atoms with Crippen molar-refractivity contribution in [1.29, 1.82) is 0 Å². The number of rotatable bonds is 17. The van der Waals surface area contributed by atoms with Crippen LogP contribution in [0.3, 0.4) is 0 Å². The highest BCUT2D eigenvalue weighted by Crippen LogP contribution is 2.34. The number of hydrogen-bond acceptors (Lipinski definition) is 4. The van der Waals surface area contributed by atoms with Gasteiger partial charge in [-0.3, -0.25) is 0 Å². The third kappa shape index (κ3) is 8.76. The average Bonchev–Trinajstić information content (AvgIpc) is 3.33. The summed E-state index contributed by atoms with van der Waals surface area (Å²) < 4.78 is 34.9. The van der Waals surface area contributed by atoms with Crippen molar-refractivity contribution in [3.8, 4) is 5.75 Å². The predicted octanol–water partition coefficient (Wildman–Crippen LogP) is 8.80. The van der Waals surface area contributed by atoms with E-state index in [1.807, 2.05) is 6.92 Å². The van der Waals surface area contributed by atoms with Gasteiger partial charge in [0.1, 0.15) is 10.5 Å². The van der Waals surface area contributed by atoms with Crippen molar-refractivity contribution in [2.45, 2.75) is 110 Å². The maximum atomic E-state index is 14.8. The van der Waals surface area contributed by atoms with Crippen molar-refractivity contribution in [3.63, 3.8) is 0 Å². The second-order valence-electron chi connectivity index (χ2n) is 8.85. The van der Waals surface area contributed by atoms with Gasteiger partial charge in [-0.25, -0.2) is 4.39 Å². The van der Waals surface area contributed by atoms with Gasteiger partial charge in [-0.05, 0) is 43.2 Å². The summed E-state index contributed by atoms with van der Waals surface area (Å²) >= 11 is 1.57. The standard InChI is InChI=1S/C26H40F2N2OS/c1-4-6-7-8-9-10-11-12-18-31-23-17-16-22(24(27)25(23)28)20(3)14-15-21(13-5-2)26-30-29-19-32-26/h16-17,19-21H,4-15,18H2,1-3H3. The quantitative estimate of drug-likeness (QED) is 0.218. The average molecular weight is 467 g/mol. The lowest BCUT2D eigenvalue weighted by molar-refractivity contribution is 0.283. The van der Waals surface area contributed by atoms with Crippen LogP contribution in [-0.2, 0) is 0 Å². The van der Waals surface area contributed by atoms with Crippen molar-refractivity contribution >= 4 is 11.3 Å². The summed E-state index contributed by atoms with van der Waals surface area (Å²) in [4.78, 5) is 0. The van der Waals surface area contributed by atoms with E-state index in [0.717, 1.165) is 43.5 Å². The lowest BCUT2D eigenvalue weighted by atomic mass is 9.89. The van der Waals surface area contributed by atoms with Crippen LogP contribution in [0.4, 0.5) is 8.78 Å². The molecule has 6 heteroatoms. The highest BCUT2D eigenvalue weighted by atomic mass is 32.1. The molecule has 0 bridgehead atoms. The van der Waals surface area contributed by atoms with Crippen LogP contribution >= 0.6 is 11.3 Å². The van der Waals surface area contributed by atoms with Crippen molar-refractivity contribution in [1.82, 2.24) is 10.2 Å². The summed E-state index contributed by atoms with van der Waals surface area (Å²) in [5.74, 6) is -1.34. The number of halogens is 2. The molecule has 3 nitrogen and oxygen atoms in total. The maximum absolute atomic E-state index is 14.8. The van der Waals surface area contributed by atoms with E-state index in [-0.39, 0.29) is 11.7 Å². The minimum absolute atomic E-state index is 0.0270. The molecule has 2 unspecified atom stereocenters. The van der Waals surface area contributed by atoms with E-state index < -0.39 is 11.6 Å².